The molecule has 39 heteroatoms. The first-order chi connectivity index (χ1) is 58.1. The summed E-state index contributed by atoms with van der Waals surface area (Å²) in [6.45, 7) is 6.66. The van der Waals surface area contributed by atoms with E-state index in [1.54, 1.807) is 26.0 Å². The molecule has 11 bridgehead atoms. The minimum Gasteiger partial charge on any atom is -0.508 e. The van der Waals surface area contributed by atoms with Crippen LogP contribution in [0.25, 0.3) is 32.7 Å². The number of amides is 8. The first kappa shape index (κ1) is 90.1. The fourth-order valence-electron chi connectivity index (χ4n) is 15.1. The number of ether oxygens (including phenoxy) is 6. The number of azide groups is 1. The number of carbonyl (C=O) groups excluding carboxylic acids is 8. The van der Waals surface area contributed by atoms with E-state index in [0.29, 0.717) is 17.9 Å². The van der Waals surface area contributed by atoms with E-state index >= 15 is 24.0 Å². The van der Waals surface area contributed by atoms with Gasteiger partial charge in [-0.3, -0.25) is 38.4 Å². The number of nitrogens with one attached hydrogen (secondary N) is 9. The number of nitrogens with two attached hydrogens (primary N) is 2. The Labute approximate surface area is 713 Å². The van der Waals surface area contributed by atoms with Gasteiger partial charge < -0.3 is 129 Å². The van der Waals surface area contributed by atoms with E-state index in [2.05, 4.69) is 57.9 Å². The van der Waals surface area contributed by atoms with Crippen LogP contribution in [0.5, 0.6) is 46.0 Å². The summed E-state index contributed by atoms with van der Waals surface area (Å²) in [6.07, 6.45) is -17.9. The Balaban J connectivity index is 1.05. The number of hydrogen-bond donors (Lipinski definition) is 19. The number of aliphatic hydroxyl groups is 5. The smallest absolute Gasteiger partial charge is 0.248 e. The Kier molecular flexibility index (Phi) is 28.7. The summed E-state index contributed by atoms with van der Waals surface area (Å²) in [4.78, 5) is 123. The summed E-state index contributed by atoms with van der Waals surface area (Å²) in [7, 11) is 1.48. The number of aliphatic hydroxyl groups excluding tert-OH is 5. The highest BCUT2D eigenvalue weighted by Crippen LogP contribution is 2.50. The van der Waals surface area contributed by atoms with Crippen LogP contribution in [0.2, 0.25) is 15.1 Å². The molecule has 122 heavy (non-hydrogen) atoms. The van der Waals surface area contributed by atoms with Crippen LogP contribution in [0.15, 0.2) is 133 Å². The number of hydrogen-bond acceptors (Lipinski definition) is 26. The fourth-order valence-corrected chi connectivity index (χ4v) is 15.7. The van der Waals surface area contributed by atoms with Gasteiger partial charge in [0.2, 0.25) is 59.3 Å². The zero-order valence-electron chi connectivity index (χ0n) is 66.3. The van der Waals surface area contributed by atoms with Crippen molar-refractivity contribution in [1.29, 1.82) is 0 Å². The normalized spacial score (nSPS) is 26.2. The number of primary amides is 1. The quantitative estimate of drug-likeness (QED) is 0.0176. The standard InChI is InChI=1S/C83H93Cl3N14O22/c1-36(2)24-51(90-5)75(110)98-66-68(105)42-15-20-55(49(85)26-42)118-57-28-44-29-58(72(57)122-82-73(71(108)70(107)59(120-82)35-93-100-89)121-61-33-83(4,74(109)37(3)117-61)92-34-38-8-10-39(11-9-38)40-12-17-45(84)18-13-40)119-56-21-16-43(27-50(56)86)69(106)67-81(116)97-65(77(112)91-23-7-6-22-87)48-30-46(101)31-54(103)62(48)47-25-41(14-19-53(47)102)63(78(113)99-67)96-79(114)64(44)95-76(111)52(32-60(88)104)94-80(66)115/h8-21,25-31,36-37,51-52,59,61,63-71,73-74,82,90,92,101-103,105-109H,6-7,22-24,32-35,87H2,1-5H3,(H2,88,104)(H,91,112)(H,94,115)(H,95,111)(H,96,114)(H,97,116)(H,98,110)(H,99,113)/t37-,51+,52-,59+,61-,63+,64+,65+,66+,67-,68+,69+,70+,71-,73+,74+,82-,83-/m0/s1. The van der Waals surface area contributed by atoms with Crippen molar-refractivity contribution in [1.82, 2.24) is 47.9 Å². The number of rotatable bonds is 22. The first-order valence-electron chi connectivity index (χ1n) is 39.1. The van der Waals surface area contributed by atoms with Crippen LogP contribution in [-0.4, -0.2) is 194 Å². The largest absolute Gasteiger partial charge is 0.508 e. The lowest BCUT2D eigenvalue weighted by Gasteiger charge is -2.48. The number of carbonyl (C=O) groups is 8. The van der Waals surface area contributed by atoms with E-state index in [9.17, 15) is 60.8 Å². The molecule has 0 unspecified atom stereocenters. The molecule has 18 atom stereocenters. The predicted molar refractivity (Wildman–Crippen MR) is 439 cm³/mol. The summed E-state index contributed by atoms with van der Waals surface area (Å²) < 4.78 is 40.0. The summed E-state index contributed by atoms with van der Waals surface area (Å²) in [5, 5.41) is 124. The third-order valence-electron chi connectivity index (χ3n) is 21.7. The molecule has 2 saturated heterocycles. The van der Waals surface area contributed by atoms with Crippen molar-refractivity contribution in [3.8, 4) is 68.2 Å². The van der Waals surface area contributed by atoms with Gasteiger partial charge in [0.25, 0.3) is 0 Å². The van der Waals surface area contributed by atoms with Gasteiger partial charge in [0, 0.05) is 52.2 Å². The highest BCUT2D eigenvalue weighted by Gasteiger charge is 2.52. The highest BCUT2D eigenvalue weighted by atomic mass is 35.5. The van der Waals surface area contributed by atoms with Gasteiger partial charge in [-0.2, -0.15) is 0 Å². The molecule has 7 heterocycles. The van der Waals surface area contributed by atoms with Crippen LogP contribution in [0.3, 0.4) is 0 Å². The van der Waals surface area contributed by atoms with Gasteiger partial charge in [-0.05, 0) is 169 Å². The van der Waals surface area contributed by atoms with E-state index in [4.69, 9.17) is 74.7 Å². The van der Waals surface area contributed by atoms with E-state index in [1.807, 2.05) is 50.2 Å². The van der Waals surface area contributed by atoms with Crippen molar-refractivity contribution in [3.63, 3.8) is 0 Å². The Hall–Kier alpha value is -11.2. The average Bonchev–Trinajstić information content (AvgIpc) is 0.763. The van der Waals surface area contributed by atoms with E-state index in [-0.39, 0.29) is 82.7 Å². The Morgan fingerprint density at radius 1 is 0.697 bits per heavy atom. The maximum absolute atomic E-state index is 16.4. The van der Waals surface area contributed by atoms with Crippen molar-refractivity contribution in [2.24, 2.45) is 22.5 Å². The zero-order chi connectivity index (χ0) is 87.9. The number of unbranched alkanes of at least 4 members (excludes halogenated alkanes) is 1. The van der Waals surface area contributed by atoms with Gasteiger partial charge >= 0.3 is 0 Å². The summed E-state index contributed by atoms with van der Waals surface area (Å²) in [6, 6.07) is 15.2. The maximum atomic E-state index is 16.4. The summed E-state index contributed by atoms with van der Waals surface area (Å²) in [5.74, 6) is -14.7. The lowest BCUT2D eigenvalue weighted by Crippen LogP contribution is -2.65. The number of nitrogens with zero attached hydrogens (tertiary/aromatic N) is 3. The molecule has 7 aromatic rings. The van der Waals surface area contributed by atoms with Crippen LogP contribution < -0.4 is 73.5 Å². The van der Waals surface area contributed by atoms with Gasteiger partial charge in [0.1, 0.15) is 89.4 Å². The van der Waals surface area contributed by atoms with Crippen LogP contribution in [0.1, 0.15) is 124 Å². The molecular formula is C83H93Cl3N14O22. The molecule has 14 rings (SSSR count). The number of fused-ring (bicyclic) bond motifs is 15. The molecule has 7 aliphatic rings. The Bertz CT molecular complexity index is 5150. The molecule has 0 aromatic heterocycles. The van der Waals surface area contributed by atoms with Gasteiger partial charge in [-0.1, -0.05) is 108 Å². The molecule has 0 spiro atoms. The number of halogens is 3. The van der Waals surface area contributed by atoms with Crippen LogP contribution in [0.4, 0.5) is 0 Å². The summed E-state index contributed by atoms with van der Waals surface area (Å²) in [5.41, 5.74) is 20.3. The second-order valence-corrected chi connectivity index (χ2v) is 32.1. The van der Waals surface area contributed by atoms with Crippen LogP contribution >= 0.6 is 34.8 Å². The lowest BCUT2D eigenvalue weighted by atomic mass is 9.84. The number of phenolic OH excluding ortho intramolecular Hbond substituents is 3. The fraction of sp³-hybridized carbons (Fsp3) is 0.398. The third-order valence-corrected chi connectivity index (χ3v) is 22.5. The number of aromatic hydroxyl groups is 3. The van der Waals surface area contributed by atoms with E-state index in [0.717, 1.165) is 77.4 Å². The predicted octanol–water partition coefficient (Wildman–Crippen LogP) is 5.35. The molecule has 8 amide bonds. The van der Waals surface area contributed by atoms with Crippen molar-refractivity contribution < 1.29 is 108 Å². The van der Waals surface area contributed by atoms with Crippen molar-refractivity contribution in [3.05, 3.63) is 186 Å². The van der Waals surface area contributed by atoms with E-state index in [1.165, 1.54) is 25.2 Å². The molecular weight excluding hydrogens is 1650 g/mol. The van der Waals surface area contributed by atoms with Gasteiger partial charge in [-0.15, -0.1) is 0 Å². The number of benzene rings is 7. The lowest BCUT2D eigenvalue weighted by molar-refractivity contribution is -0.331. The zero-order valence-corrected chi connectivity index (χ0v) is 68.6. The monoisotopic (exact) mass is 1740 g/mol. The topological polar surface area (TPSA) is 563 Å². The maximum Gasteiger partial charge on any atom is 0.248 e. The van der Waals surface area contributed by atoms with E-state index < -0.39 is 220 Å². The first-order valence-corrected chi connectivity index (χ1v) is 40.2. The molecule has 2 fully saturated rings. The van der Waals surface area contributed by atoms with Crippen molar-refractivity contribution in [2.45, 2.75) is 176 Å². The molecule has 7 aliphatic heterocycles. The molecule has 36 nitrogen and oxygen atoms in total. The van der Waals surface area contributed by atoms with Crippen LogP contribution in [0, 0.1) is 5.92 Å². The molecule has 21 N–H and O–H groups in total. The van der Waals surface area contributed by atoms with Crippen molar-refractivity contribution in [2.75, 3.05) is 26.7 Å². The van der Waals surface area contributed by atoms with Gasteiger partial charge in [0.15, 0.2) is 23.9 Å². The van der Waals surface area contributed by atoms with Crippen LogP contribution in [-0.2, 0) is 59.1 Å². The summed E-state index contributed by atoms with van der Waals surface area (Å²) >= 11 is 20.6. The molecule has 0 aliphatic carbocycles. The third kappa shape index (κ3) is 20.4. The second kappa shape index (κ2) is 38.9. The SMILES string of the molecule is CN[C@H](CC(C)C)C(=O)N[C@H]1C(=O)N[C@@H](CC(N)=O)C(=O)N[C@H]2C(=O)N[C@H]3C(=O)N[C@H](C(=O)N[C@@H](C(=O)NCCCCN)c4cc(O)cc(O)c4-c4cc3ccc4O)[C@H](O)c3ccc(c(Cl)c3)Oc3cc2cc(c3O[C@@H]2O[C@H](CN=[N+]=[N-])[C@@H](O)[C@H](O)[C@H]2O[C@H]2C[C@](C)(NCc3ccc(-c4ccc(Cl)cc4)cc3)[C@H](O)[C@H](C)O2)Oc2ccc(cc2Cl)[C@H]1O. The molecule has 0 saturated carbocycles. The minimum atomic E-state index is -2.37. The second-order valence-electron chi connectivity index (χ2n) is 30.9. The minimum absolute atomic E-state index is 0.0304. The average molecular weight is 1750 g/mol. The molecule has 7 aromatic carbocycles. The molecule has 0 radical (unpaired) electrons. The Morgan fingerprint density at radius 2 is 1.32 bits per heavy atom. The number of phenols is 3. The Morgan fingerprint density at radius 3 is 1.94 bits per heavy atom. The van der Waals surface area contributed by atoms with Crippen molar-refractivity contribution >= 4 is 82.1 Å². The van der Waals surface area contributed by atoms with Gasteiger partial charge in [-0.25, -0.2) is 0 Å². The highest BCUT2D eigenvalue weighted by molar-refractivity contribution is 6.32. The van der Waals surface area contributed by atoms with Gasteiger partial charge in [0.05, 0.1) is 47.4 Å². The molecule has 648 valence electrons. The number of likely N-dealkylation sites (N-methyl/N-ethyl adjacent to an activating group) is 1.